The number of furan rings is 1. The van der Waals surface area contributed by atoms with Crippen molar-refractivity contribution in [3.8, 4) is 0 Å². The second-order valence-corrected chi connectivity index (χ2v) is 5.17. The van der Waals surface area contributed by atoms with Crippen molar-refractivity contribution in [1.29, 1.82) is 0 Å². The maximum atomic E-state index is 12.1. The SMILES string of the molecule is C/C1=C\CC[C@H](C)C(=O)Cc2c(C)coc2C1. The molecule has 1 aromatic heterocycles. The summed E-state index contributed by atoms with van der Waals surface area (Å²) in [4.78, 5) is 12.1. The van der Waals surface area contributed by atoms with Gasteiger partial charge in [-0.2, -0.15) is 0 Å². The normalized spacial score (nSPS) is 25.0. The lowest BCUT2D eigenvalue weighted by atomic mass is 9.91. The Bertz CT molecular complexity index is 451. The van der Waals surface area contributed by atoms with E-state index >= 15 is 0 Å². The highest BCUT2D eigenvalue weighted by Gasteiger charge is 2.19. The smallest absolute Gasteiger partial charge is 0.140 e. The van der Waals surface area contributed by atoms with Crippen LogP contribution in [0.15, 0.2) is 22.3 Å². The Morgan fingerprint density at radius 3 is 2.82 bits per heavy atom. The van der Waals surface area contributed by atoms with Crippen LogP contribution in [0.25, 0.3) is 0 Å². The van der Waals surface area contributed by atoms with Crippen molar-refractivity contribution in [1.82, 2.24) is 0 Å². The Morgan fingerprint density at radius 2 is 2.06 bits per heavy atom. The molecule has 0 aliphatic heterocycles. The quantitative estimate of drug-likeness (QED) is 0.639. The fourth-order valence-corrected chi connectivity index (χ4v) is 2.32. The molecule has 0 saturated heterocycles. The molecule has 1 heterocycles. The highest BCUT2D eigenvalue weighted by Crippen LogP contribution is 2.24. The predicted molar refractivity (Wildman–Crippen MR) is 68.0 cm³/mol. The van der Waals surface area contributed by atoms with Gasteiger partial charge in [0.1, 0.15) is 11.5 Å². The molecule has 92 valence electrons. The van der Waals surface area contributed by atoms with Crippen LogP contribution in [0, 0.1) is 12.8 Å². The van der Waals surface area contributed by atoms with Gasteiger partial charge in [-0.05, 0) is 32.3 Å². The van der Waals surface area contributed by atoms with E-state index in [-0.39, 0.29) is 5.92 Å². The monoisotopic (exact) mass is 232 g/mol. The lowest BCUT2D eigenvalue weighted by molar-refractivity contribution is -0.121. The van der Waals surface area contributed by atoms with Crippen LogP contribution >= 0.6 is 0 Å². The van der Waals surface area contributed by atoms with Crippen molar-refractivity contribution in [2.75, 3.05) is 0 Å². The minimum Gasteiger partial charge on any atom is -0.468 e. The van der Waals surface area contributed by atoms with Gasteiger partial charge in [0.2, 0.25) is 0 Å². The molecule has 2 rings (SSSR count). The summed E-state index contributed by atoms with van der Waals surface area (Å²) >= 11 is 0. The molecule has 1 aliphatic rings. The second kappa shape index (κ2) is 4.91. The molecule has 0 aromatic carbocycles. The van der Waals surface area contributed by atoms with E-state index < -0.39 is 0 Å². The third kappa shape index (κ3) is 2.68. The molecule has 17 heavy (non-hydrogen) atoms. The minimum absolute atomic E-state index is 0.152. The van der Waals surface area contributed by atoms with Gasteiger partial charge in [0.05, 0.1) is 6.26 Å². The summed E-state index contributed by atoms with van der Waals surface area (Å²) in [6, 6.07) is 0. The van der Waals surface area contributed by atoms with Gasteiger partial charge >= 0.3 is 0 Å². The highest BCUT2D eigenvalue weighted by molar-refractivity contribution is 5.83. The van der Waals surface area contributed by atoms with E-state index in [9.17, 15) is 4.79 Å². The molecule has 0 N–H and O–H groups in total. The van der Waals surface area contributed by atoms with Crippen molar-refractivity contribution in [2.24, 2.45) is 5.92 Å². The number of hydrogen-bond donors (Lipinski definition) is 0. The van der Waals surface area contributed by atoms with Gasteiger partial charge in [0, 0.05) is 24.3 Å². The second-order valence-electron chi connectivity index (χ2n) is 5.17. The Balaban J connectivity index is 2.36. The van der Waals surface area contributed by atoms with Crippen LogP contribution in [0.2, 0.25) is 0 Å². The van der Waals surface area contributed by atoms with Gasteiger partial charge in [0.15, 0.2) is 0 Å². The summed E-state index contributed by atoms with van der Waals surface area (Å²) < 4.78 is 5.58. The van der Waals surface area contributed by atoms with Gasteiger partial charge in [-0.25, -0.2) is 0 Å². The third-order valence-electron chi connectivity index (χ3n) is 3.62. The zero-order valence-corrected chi connectivity index (χ0v) is 10.9. The largest absolute Gasteiger partial charge is 0.468 e. The minimum atomic E-state index is 0.152. The Morgan fingerprint density at radius 1 is 1.29 bits per heavy atom. The van der Waals surface area contributed by atoms with Crippen molar-refractivity contribution in [2.45, 2.75) is 46.5 Å². The number of carbonyl (C=O) groups excluding carboxylic acids is 1. The number of ketones is 1. The Kier molecular flexibility index (Phi) is 3.51. The summed E-state index contributed by atoms with van der Waals surface area (Å²) in [5, 5.41) is 0. The first-order chi connectivity index (χ1) is 8.08. The van der Waals surface area contributed by atoms with Gasteiger partial charge < -0.3 is 4.42 Å². The van der Waals surface area contributed by atoms with E-state index in [0.717, 1.165) is 36.1 Å². The molecule has 0 unspecified atom stereocenters. The van der Waals surface area contributed by atoms with Crippen LogP contribution in [0.3, 0.4) is 0 Å². The first kappa shape index (κ1) is 12.2. The molecule has 0 bridgehead atoms. The molecular weight excluding hydrogens is 212 g/mol. The maximum absolute atomic E-state index is 12.1. The fraction of sp³-hybridized carbons (Fsp3) is 0.533. The fourth-order valence-electron chi connectivity index (χ4n) is 2.32. The van der Waals surface area contributed by atoms with E-state index in [4.69, 9.17) is 4.42 Å². The summed E-state index contributed by atoms with van der Waals surface area (Å²) in [6.07, 6.45) is 7.33. The molecule has 0 saturated carbocycles. The standard InChI is InChI=1S/C15H20O2/c1-10-5-4-6-11(2)14(16)8-13-12(3)9-17-15(13)7-10/h5,9,11H,4,6-8H2,1-3H3/b10-5+/t11-/m0/s1. The lowest BCUT2D eigenvalue weighted by Gasteiger charge is -2.12. The topological polar surface area (TPSA) is 30.2 Å². The summed E-state index contributed by atoms with van der Waals surface area (Å²) in [5.41, 5.74) is 3.55. The zero-order chi connectivity index (χ0) is 12.4. The highest BCUT2D eigenvalue weighted by atomic mass is 16.3. The molecule has 1 aliphatic carbocycles. The number of hydrogen-bond acceptors (Lipinski definition) is 2. The van der Waals surface area contributed by atoms with E-state index in [1.165, 1.54) is 5.57 Å². The molecular formula is C15H20O2. The van der Waals surface area contributed by atoms with Gasteiger partial charge in [-0.1, -0.05) is 18.6 Å². The number of aryl methyl sites for hydroxylation is 1. The predicted octanol–water partition coefficient (Wildman–Crippen LogP) is 3.62. The molecule has 0 radical (unpaired) electrons. The van der Waals surface area contributed by atoms with E-state index in [2.05, 4.69) is 13.0 Å². The van der Waals surface area contributed by atoms with Crippen molar-refractivity contribution >= 4 is 5.78 Å². The Hall–Kier alpha value is -1.31. The molecule has 2 heteroatoms. The lowest BCUT2D eigenvalue weighted by Crippen LogP contribution is -2.15. The molecule has 0 spiro atoms. The summed E-state index contributed by atoms with van der Waals surface area (Å²) in [6.45, 7) is 6.18. The van der Waals surface area contributed by atoms with Crippen molar-refractivity contribution < 1.29 is 9.21 Å². The first-order valence-electron chi connectivity index (χ1n) is 6.32. The summed E-state index contributed by atoms with van der Waals surface area (Å²) in [7, 11) is 0. The maximum Gasteiger partial charge on any atom is 0.140 e. The third-order valence-corrected chi connectivity index (χ3v) is 3.62. The number of allylic oxidation sites excluding steroid dienone is 2. The van der Waals surface area contributed by atoms with Crippen molar-refractivity contribution in [3.63, 3.8) is 0 Å². The number of carbonyl (C=O) groups is 1. The molecule has 1 aromatic rings. The van der Waals surface area contributed by atoms with Crippen molar-refractivity contribution in [3.05, 3.63) is 34.8 Å². The molecule has 0 fully saturated rings. The van der Waals surface area contributed by atoms with Crippen LogP contribution in [0.4, 0.5) is 0 Å². The van der Waals surface area contributed by atoms with Gasteiger partial charge in [-0.3, -0.25) is 4.79 Å². The van der Waals surface area contributed by atoms with E-state index in [0.29, 0.717) is 12.2 Å². The van der Waals surface area contributed by atoms with Crippen LogP contribution in [0.5, 0.6) is 0 Å². The van der Waals surface area contributed by atoms with Gasteiger partial charge in [-0.15, -0.1) is 0 Å². The first-order valence-corrected chi connectivity index (χ1v) is 6.32. The number of fused-ring (bicyclic) bond motifs is 1. The molecule has 2 nitrogen and oxygen atoms in total. The van der Waals surface area contributed by atoms with Crippen LogP contribution < -0.4 is 0 Å². The average molecular weight is 232 g/mol. The van der Waals surface area contributed by atoms with Crippen LogP contribution in [0.1, 0.15) is 43.6 Å². The molecule has 1 atom stereocenters. The Labute approximate surface area is 103 Å². The average Bonchev–Trinajstić information content (AvgIpc) is 2.60. The number of rotatable bonds is 0. The van der Waals surface area contributed by atoms with E-state index in [1.54, 1.807) is 6.26 Å². The van der Waals surface area contributed by atoms with Crippen LogP contribution in [-0.2, 0) is 17.6 Å². The number of Topliss-reactive ketones (excluding diaryl/α,β-unsaturated/α-hetero) is 1. The summed E-state index contributed by atoms with van der Waals surface area (Å²) in [5.74, 6) is 1.46. The van der Waals surface area contributed by atoms with E-state index in [1.807, 2.05) is 13.8 Å². The van der Waals surface area contributed by atoms with Crippen LogP contribution in [-0.4, -0.2) is 5.78 Å². The van der Waals surface area contributed by atoms with Gasteiger partial charge in [0.25, 0.3) is 0 Å². The molecule has 0 amide bonds. The zero-order valence-electron chi connectivity index (χ0n) is 10.9.